The van der Waals surface area contributed by atoms with Crippen LogP contribution in [-0.2, 0) is 16.0 Å². The van der Waals surface area contributed by atoms with E-state index in [-0.39, 0.29) is 22.6 Å². The molecule has 1 aliphatic carbocycles. The summed E-state index contributed by atoms with van der Waals surface area (Å²) in [6, 6.07) is 4.05. The minimum atomic E-state index is -4.54. The normalized spacial score (nSPS) is 24.0. The van der Waals surface area contributed by atoms with Crippen LogP contribution in [0.1, 0.15) is 31.2 Å². The quantitative estimate of drug-likeness (QED) is 0.931. The number of benzene rings is 1. The number of sulfone groups is 1. The van der Waals surface area contributed by atoms with Crippen molar-refractivity contribution in [2.24, 2.45) is 11.7 Å². The van der Waals surface area contributed by atoms with Gasteiger partial charge in [0.05, 0.1) is 16.2 Å². The van der Waals surface area contributed by atoms with E-state index in [0.717, 1.165) is 25.0 Å². The molecule has 2 rings (SSSR count). The van der Waals surface area contributed by atoms with Crippen molar-refractivity contribution in [3.05, 3.63) is 29.8 Å². The molecule has 0 saturated heterocycles. The first-order valence-electron chi connectivity index (χ1n) is 6.84. The second-order valence-electron chi connectivity index (χ2n) is 5.59. The molecule has 21 heavy (non-hydrogen) atoms. The SMILES string of the molecule is N[C@H]1CC[C@@H](CS(=O)(=O)c2cccc(C(F)(F)F)c2)CC1. The fourth-order valence-corrected chi connectivity index (χ4v) is 4.37. The fourth-order valence-electron chi connectivity index (χ4n) is 2.63. The molecule has 118 valence electrons. The van der Waals surface area contributed by atoms with Crippen LogP contribution in [0.15, 0.2) is 29.2 Å². The number of rotatable bonds is 3. The largest absolute Gasteiger partial charge is 0.416 e. The van der Waals surface area contributed by atoms with Crippen LogP contribution >= 0.6 is 0 Å². The van der Waals surface area contributed by atoms with Gasteiger partial charge in [0.25, 0.3) is 0 Å². The summed E-state index contributed by atoms with van der Waals surface area (Å²) < 4.78 is 62.5. The molecule has 2 N–H and O–H groups in total. The van der Waals surface area contributed by atoms with Crippen LogP contribution in [0.2, 0.25) is 0 Å². The van der Waals surface area contributed by atoms with Gasteiger partial charge in [0.2, 0.25) is 0 Å². The van der Waals surface area contributed by atoms with Gasteiger partial charge in [0, 0.05) is 6.04 Å². The van der Waals surface area contributed by atoms with Crippen molar-refractivity contribution >= 4 is 9.84 Å². The van der Waals surface area contributed by atoms with E-state index in [1.807, 2.05) is 0 Å². The summed E-state index contributed by atoms with van der Waals surface area (Å²) in [5.74, 6) is -0.134. The third kappa shape index (κ3) is 4.20. The van der Waals surface area contributed by atoms with Gasteiger partial charge < -0.3 is 5.73 Å². The molecule has 0 aromatic heterocycles. The zero-order chi connectivity index (χ0) is 15.7. The maximum Gasteiger partial charge on any atom is 0.416 e. The summed E-state index contributed by atoms with van der Waals surface area (Å²) in [4.78, 5) is -0.257. The molecule has 3 nitrogen and oxygen atoms in total. The average Bonchev–Trinajstić information content (AvgIpc) is 2.40. The Labute approximate surface area is 122 Å². The molecule has 0 amide bonds. The molecule has 0 atom stereocenters. The zero-order valence-electron chi connectivity index (χ0n) is 11.4. The first-order chi connectivity index (χ1) is 9.68. The van der Waals surface area contributed by atoms with E-state index in [9.17, 15) is 21.6 Å². The van der Waals surface area contributed by atoms with Crippen molar-refractivity contribution in [2.75, 3.05) is 5.75 Å². The van der Waals surface area contributed by atoms with Crippen LogP contribution in [-0.4, -0.2) is 20.2 Å². The highest BCUT2D eigenvalue weighted by atomic mass is 32.2. The third-order valence-electron chi connectivity index (χ3n) is 3.87. The Kier molecular flexibility index (Phi) is 4.63. The minimum Gasteiger partial charge on any atom is -0.328 e. The van der Waals surface area contributed by atoms with Gasteiger partial charge in [-0.05, 0) is 49.8 Å². The number of halogens is 3. The monoisotopic (exact) mass is 321 g/mol. The number of hydrogen-bond acceptors (Lipinski definition) is 3. The first kappa shape index (κ1) is 16.3. The van der Waals surface area contributed by atoms with Gasteiger partial charge in [-0.3, -0.25) is 0 Å². The van der Waals surface area contributed by atoms with Crippen molar-refractivity contribution in [1.82, 2.24) is 0 Å². The maximum absolute atomic E-state index is 12.6. The van der Waals surface area contributed by atoms with Crippen LogP contribution in [0.3, 0.4) is 0 Å². The Morgan fingerprint density at radius 3 is 2.33 bits per heavy atom. The summed E-state index contributed by atoms with van der Waals surface area (Å²) in [5, 5.41) is 0. The van der Waals surface area contributed by atoms with Gasteiger partial charge >= 0.3 is 6.18 Å². The third-order valence-corrected chi connectivity index (χ3v) is 5.75. The molecule has 0 aliphatic heterocycles. The van der Waals surface area contributed by atoms with Crippen LogP contribution in [0.5, 0.6) is 0 Å². The van der Waals surface area contributed by atoms with Gasteiger partial charge in [-0.2, -0.15) is 13.2 Å². The van der Waals surface area contributed by atoms with Crippen molar-refractivity contribution in [2.45, 2.75) is 42.8 Å². The molecule has 0 bridgehead atoms. The van der Waals surface area contributed by atoms with Crippen molar-refractivity contribution < 1.29 is 21.6 Å². The Balaban J connectivity index is 2.16. The fraction of sp³-hybridized carbons (Fsp3) is 0.571. The highest BCUT2D eigenvalue weighted by Gasteiger charge is 2.32. The molecule has 1 fully saturated rings. The van der Waals surface area contributed by atoms with Crippen molar-refractivity contribution in [3.8, 4) is 0 Å². The number of alkyl halides is 3. The molecule has 0 spiro atoms. The molecule has 1 saturated carbocycles. The molecule has 1 aromatic rings. The van der Waals surface area contributed by atoms with Gasteiger partial charge in [-0.25, -0.2) is 8.42 Å². The molecule has 7 heteroatoms. The molecular formula is C14H18F3NO2S. The van der Waals surface area contributed by atoms with Crippen LogP contribution in [0, 0.1) is 5.92 Å². The van der Waals surface area contributed by atoms with Crippen LogP contribution < -0.4 is 5.73 Å². The molecule has 1 aliphatic rings. The lowest BCUT2D eigenvalue weighted by atomic mass is 9.88. The molecule has 0 unspecified atom stereocenters. The number of hydrogen-bond donors (Lipinski definition) is 1. The van der Waals surface area contributed by atoms with Gasteiger partial charge in [-0.15, -0.1) is 0 Å². The van der Waals surface area contributed by atoms with Crippen LogP contribution in [0.4, 0.5) is 13.2 Å². The lowest BCUT2D eigenvalue weighted by Crippen LogP contribution is -2.29. The van der Waals surface area contributed by atoms with Gasteiger partial charge in [0.15, 0.2) is 9.84 Å². The second-order valence-corrected chi connectivity index (χ2v) is 7.62. The lowest BCUT2D eigenvalue weighted by Gasteiger charge is -2.25. The summed E-state index contributed by atoms with van der Waals surface area (Å²) >= 11 is 0. The smallest absolute Gasteiger partial charge is 0.328 e. The van der Waals surface area contributed by atoms with E-state index < -0.39 is 21.6 Å². The van der Waals surface area contributed by atoms with Crippen molar-refractivity contribution in [1.29, 1.82) is 0 Å². The van der Waals surface area contributed by atoms with E-state index >= 15 is 0 Å². The van der Waals surface area contributed by atoms with E-state index in [4.69, 9.17) is 5.73 Å². The zero-order valence-corrected chi connectivity index (χ0v) is 12.3. The highest BCUT2D eigenvalue weighted by molar-refractivity contribution is 7.91. The van der Waals surface area contributed by atoms with Crippen LogP contribution in [0.25, 0.3) is 0 Å². The Morgan fingerprint density at radius 1 is 1.14 bits per heavy atom. The van der Waals surface area contributed by atoms with Gasteiger partial charge in [0.1, 0.15) is 0 Å². The molecule has 1 aromatic carbocycles. The van der Waals surface area contributed by atoms with Crippen molar-refractivity contribution in [3.63, 3.8) is 0 Å². The Bertz CT molecular complexity index is 590. The van der Waals surface area contributed by atoms with E-state index in [1.54, 1.807) is 0 Å². The van der Waals surface area contributed by atoms with Gasteiger partial charge in [-0.1, -0.05) is 6.07 Å². The molecule has 0 heterocycles. The summed E-state index contributed by atoms with van der Waals surface area (Å²) in [6.45, 7) is 0. The Morgan fingerprint density at radius 2 is 1.76 bits per heavy atom. The number of nitrogens with two attached hydrogens (primary N) is 1. The lowest BCUT2D eigenvalue weighted by molar-refractivity contribution is -0.137. The van der Waals surface area contributed by atoms with E-state index in [0.29, 0.717) is 18.9 Å². The predicted molar refractivity (Wildman–Crippen MR) is 73.4 cm³/mol. The Hall–Kier alpha value is -1.08. The summed E-state index contributed by atoms with van der Waals surface area (Å²) in [6.07, 6.45) is -1.59. The minimum absolute atomic E-state index is 0.0238. The van der Waals surface area contributed by atoms with E-state index in [1.165, 1.54) is 6.07 Å². The second kappa shape index (κ2) is 5.96. The molecule has 0 radical (unpaired) electrons. The maximum atomic E-state index is 12.6. The predicted octanol–water partition coefficient (Wildman–Crippen LogP) is 3.00. The molecular weight excluding hydrogens is 303 g/mol. The first-order valence-corrected chi connectivity index (χ1v) is 8.49. The summed E-state index contributed by atoms with van der Waals surface area (Å²) in [7, 11) is -3.70. The summed E-state index contributed by atoms with van der Waals surface area (Å²) in [5.41, 5.74) is 4.83. The average molecular weight is 321 g/mol. The highest BCUT2D eigenvalue weighted by Crippen LogP contribution is 2.32. The van der Waals surface area contributed by atoms with E-state index in [2.05, 4.69) is 0 Å². The standard InChI is InChI=1S/C14H18F3NO2S/c15-14(16,17)11-2-1-3-13(8-11)21(19,20)9-10-4-6-12(18)7-5-10/h1-3,8,10,12H,4-7,9,18H2/t10-,12+. The topological polar surface area (TPSA) is 60.2 Å².